The van der Waals surface area contributed by atoms with Crippen molar-refractivity contribution in [2.45, 2.75) is 76.2 Å². The average molecular weight is 817 g/mol. The van der Waals surface area contributed by atoms with E-state index in [2.05, 4.69) is 54.3 Å². The lowest BCUT2D eigenvalue weighted by atomic mass is 9.89. The number of carbonyl (C=O) groups excluding carboxylic acids is 2. The summed E-state index contributed by atoms with van der Waals surface area (Å²) in [6, 6.07) is 21.9. The van der Waals surface area contributed by atoms with E-state index >= 15 is 0 Å². The van der Waals surface area contributed by atoms with Gasteiger partial charge in [0, 0.05) is 44.4 Å². The van der Waals surface area contributed by atoms with Gasteiger partial charge < -0.3 is 25.6 Å². The van der Waals surface area contributed by atoms with Gasteiger partial charge in [-0.2, -0.15) is 4.98 Å². The first-order valence-electron chi connectivity index (χ1n) is 19.7. The van der Waals surface area contributed by atoms with Crippen LogP contribution in [0.3, 0.4) is 0 Å². The standard InChI is InChI=1S/C42H53ClN8O5S/c1-50(57(3,54)55)37-13-9-8-12-35(37)46-40-34(43)28-45-42(49-40)47-36-20-18-32(27-38(36)56-2)51-25-22-31(23-26-51)44-24-10-6-4-5-7-11-29-14-16-30(17-15-29)33-19-21-39(52)48-41(33)53/h8-9,12-18,20,27-28,31,33,44H,4-7,10-11,19,21-26H2,1-3H3,(H,48,52,53)(H2,45,46,47,49). The SMILES string of the molecule is COc1cc(N2CCC(NCCCCCCCc3ccc(C4CCC(=O)NC4=O)cc3)CC2)ccc1Nc1ncc(Cl)c(Nc2ccccc2N(C)S(C)(=O)=O)n1. The van der Waals surface area contributed by atoms with Crippen molar-refractivity contribution in [1.82, 2.24) is 20.6 Å². The second-order valence-electron chi connectivity index (χ2n) is 14.8. The predicted molar refractivity (Wildman–Crippen MR) is 228 cm³/mol. The van der Waals surface area contributed by atoms with Crippen LogP contribution in [0.15, 0.2) is 72.9 Å². The summed E-state index contributed by atoms with van der Waals surface area (Å²) in [7, 11) is -0.362. The van der Waals surface area contributed by atoms with E-state index in [4.69, 9.17) is 16.3 Å². The van der Waals surface area contributed by atoms with Gasteiger partial charge in [-0.25, -0.2) is 13.4 Å². The number of nitrogens with one attached hydrogen (secondary N) is 4. The molecule has 2 fully saturated rings. The Labute approximate surface area is 341 Å². The molecule has 0 aliphatic carbocycles. The molecule has 4 aromatic rings. The van der Waals surface area contributed by atoms with E-state index in [1.54, 1.807) is 31.4 Å². The largest absolute Gasteiger partial charge is 0.494 e. The summed E-state index contributed by atoms with van der Waals surface area (Å²) in [5, 5.41) is 12.9. The van der Waals surface area contributed by atoms with Gasteiger partial charge in [-0.3, -0.25) is 19.2 Å². The Morgan fingerprint density at radius 3 is 2.40 bits per heavy atom. The van der Waals surface area contributed by atoms with Gasteiger partial charge >= 0.3 is 0 Å². The van der Waals surface area contributed by atoms with Gasteiger partial charge in [-0.15, -0.1) is 0 Å². The second kappa shape index (κ2) is 19.5. The minimum atomic E-state index is -3.49. The van der Waals surface area contributed by atoms with E-state index in [1.165, 1.54) is 48.8 Å². The van der Waals surface area contributed by atoms with E-state index in [0.29, 0.717) is 53.5 Å². The second-order valence-corrected chi connectivity index (χ2v) is 17.2. The van der Waals surface area contributed by atoms with Gasteiger partial charge in [0.2, 0.25) is 27.8 Å². The van der Waals surface area contributed by atoms with Crippen molar-refractivity contribution in [3.05, 3.63) is 89.1 Å². The zero-order valence-corrected chi connectivity index (χ0v) is 34.5. The van der Waals surface area contributed by atoms with Gasteiger partial charge in [0.25, 0.3) is 0 Å². The van der Waals surface area contributed by atoms with Crippen molar-refractivity contribution >= 4 is 68.0 Å². The Hall–Kier alpha value is -4.92. The molecule has 1 unspecified atom stereocenters. The van der Waals surface area contributed by atoms with E-state index in [1.807, 2.05) is 24.3 Å². The van der Waals surface area contributed by atoms with Crippen LogP contribution in [0.25, 0.3) is 0 Å². The number of imide groups is 1. The number of halogens is 1. The normalized spacial score (nSPS) is 16.3. The maximum Gasteiger partial charge on any atom is 0.234 e. The molecule has 3 heterocycles. The fourth-order valence-electron chi connectivity index (χ4n) is 7.34. The molecule has 2 aliphatic heterocycles. The number of hydrogen-bond acceptors (Lipinski definition) is 11. The highest BCUT2D eigenvalue weighted by Crippen LogP contribution is 2.35. The smallest absolute Gasteiger partial charge is 0.234 e. The number of piperidine rings is 2. The maximum atomic E-state index is 12.2. The van der Waals surface area contributed by atoms with Gasteiger partial charge in [-0.1, -0.05) is 67.3 Å². The van der Waals surface area contributed by atoms with Crippen LogP contribution in [0, 0.1) is 0 Å². The zero-order chi connectivity index (χ0) is 40.4. The average Bonchev–Trinajstić information content (AvgIpc) is 3.20. The number of anilines is 6. The highest BCUT2D eigenvalue weighted by Gasteiger charge is 2.28. The van der Waals surface area contributed by atoms with Crippen LogP contribution in [0.4, 0.5) is 34.5 Å². The number of aromatic nitrogens is 2. The minimum absolute atomic E-state index is 0.177. The number of rotatable bonds is 18. The number of ether oxygens (including phenoxy) is 1. The van der Waals surface area contributed by atoms with Crippen molar-refractivity contribution in [2.75, 3.05) is 59.9 Å². The Morgan fingerprint density at radius 1 is 0.930 bits per heavy atom. The van der Waals surface area contributed by atoms with Crippen molar-refractivity contribution in [2.24, 2.45) is 0 Å². The number of nitrogens with zero attached hydrogens (tertiary/aromatic N) is 4. The number of methoxy groups -OCH3 is 1. The van der Waals surface area contributed by atoms with Gasteiger partial charge in [0.15, 0.2) is 5.82 Å². The number of hydrogen-bond donors (Lipinski definition) is 4. The molecule has 2 amide bonds. The summed E-state index contributed by atoms with van der Waals surface area (Å²) in [6.45, 7) is 2.94. The van der Waals surface area contributed by atoms with Crippen LogP contribution >= 0.6 is 11.6 Å². The molecule has 4 N–H and O–H groups in total. The first-order chi connectivity index (χ1) is 27.5. The highest BCUT2D eigenvalue weighted by molar-refractivity contribution is 7.92. The lowest BCUT2D eigenvalue weighted by molar-refractivity contribution is -0.134. The number of para-hydroxylation sites is 2. The lowest BCUT2D eigenvalue weighted by Gasteiger charge is -2.34. The number of sulfonamides is 1. The van der Waals surface area contributed by atoms with E-state index in [0.717, 1.165) is 62.8 Å². The Balaban J connectivity index is 0.903. The fourth-order valence-corrected chi connectivity index (χ4v) is 7.99. The van der Waals surface area contributed by atoms with E-state index in [-0.39, 0.29) is 22.8 Å². The summed E-state index contributed by atoms with van der Waals surface area (Å²) in [4.78, 5) is 34.9. The molecule has 1 aromatic heterocycles. The molecule has 0 saturated carbocycles. The van der Waals surface area contributed by atoms with Crippen molar-refractivity contribution < 1.29 is 22.7 Å². The maximum absolute atomic E-state index is 12.2. The molecule has 0 spiro atoms. The molecule has 1 atom stereocenters. The summed E-state index contributed by atoms with van der Waals surface area (Å²) in [5.41, 5.74) is 5.05. The van der Waals surface area contributed by atoms with Crippen LogP contribution in [-0.4, -0.2) is 76.3 Å². The Kier molecular flexibility index (Phi) is 14.3. The summed E-state index contributed by atoms with van der Waals surface area (Å²) < 4.78 is 31.4. The summed E-state index contributed by atoms with van der Waals surface area (Å²) in [5.74, 6) is 0.690. The molecule has 6 rings (SSSR count). The molecule has 3 aromatic carbocycles. The van der Waals surface area contributed by atoms with Gasteiger partial charge in [-0.05, 0) is 80.5 Å². The van der Waals surface area contributed by atoms with Crippen molar-refractivity contribution in [1.29, 1.82) is 0 Å². The molecule has 57 heavy (non-hydrogen) atoms. The number of aryl methyl sites for hydroxylation is 1. The van der Waals surface area contributed by atoms with Crippen LogP contribution < -0.4 is 35.2 Å². The number of carbonyl (C=O) groups is 2. The van der Waals surface area contributed by atoms with Crippen LogP contribution in [0.1, 0.15) is 74.8 Å². The van der Waals surface area contributed by atoms with Crippen LogP contribution in [0.2, 0.25) is 5.02 Å². The molecule has 13 nitrogen and oxygen atoms in total. The first-order valence-corrected chi connectivity index (χ1v) is 21.9. The van der Waals surface area contributed by atoms with Crippen molar-refractivity contribution in [3.8, 4) is 5.75 Å². The topological polar surface area (TPSA) is 158 Å². The van der Waals surface area contributed by atoms with E-state index in [9.17, 15) is 18.0 Å². The minimum Gasteiger partial charge on any atom is -0.494 e. The summed E-state index contributed by atoms with van der Waals surface area (Å²) in [6.07, 6.45) is 12.8. The lowest BCUT2D eigenvalue weighted by Crippen LogP contribution is -2.42. The molecule has 0 bridgehead atoms. The third-order valence-corrected chi connectivity index (χ3v) is 12.2. The number of benzene rings is 3. The Bertz CT molecular complexity index is 2110. The summed E-state index contributed by atoms with van der Waals surface area (Å²) >= 11 is 6.45. The molecule has 304 valence electrons. The van der Waals surface area contributed by atoms with E-state index < -0.39 is 10.0 Å². The molecular weight excluding hydrogens is 764 g/mol. The molecule has 0 radical (unpaired) electrons. The highest BCUT2D eigenvalue weighted by atomic mass is 35.5. The third kappa shape index (κ3) is 11.4. The molecule has 15 heteroatoms. The van der Waals surface area contributed by atoms with Gasteiger partial charge in [0.05, 0.1) is 42.5 Å². The van der Waals surface area contributed by atoms with Crippen molar-refractivity contribution in [3.63, 3.8) is 0 Å². The quantitative estimate of drug-likeness (QED) is 0.0591. The fraction of sp³-hybridized carbons (Fsp3) is 0.429. The first kappa shape index (κ1) is 41.7. The molecule has 2 aliphatic rings. The predicted octanol–water partition coefficient (Wildman–Crippen LogP) is 7.29. The third-order valence-electron chi connectivity index (χ3n) is 10.7. The monoisotopic (exact) mass is 816 g/mol. The number of amides is 2. The van der Waals surface area contributed by atoms with Crippen LogP contribution in [-0.2, 0) is 26.0 Å². The van der Waals surface area contributed by atoms with Crippen LogP contribution in [0.5, 0.6) is 5.75 Å². The zero-order valence-electron chi connectivity index (χ0n) is 32.9. The van der Waals surface area contributed by atoms with Gasteiger partial charge in [0.1, 0.15) is 10.8 Å². The molecule has 2 saturated heterocycles. The Morgan fingerprint density at radius 2 is 1.67 bits per heavy atom. The number of unbranched alkanes of at least 4 members (excludes halogenated alkanes) is 4. The molecular formula is C42H53ClN8O5S.